The second kappa shape index (κ2) is 12.2. The number of nitrogens with zero attached hydrogens (tertiary/aromatic N) is 1. The van der Waals surface area contributed by atoms with E-state index in [1.807, 2.05) is 18.2 Å². The van der Waals surface area contributed by atoms with E-state index in [0.29, 0.717) is 41.2 Å². The van der Waals surface area contributed by atoms with Crippen LogP contribution in [0.25, 0.3) is 11.1 Å². The highest BCUT2D eigenvalue weighted by atomic mass is 16.7. The van der Waals surface area contributed by atoms with E-state index in [0.717, 1.165) is 16.7 Å². The Balaban J connectivity index is 1.15. The van der Waals surface area contributed by atoms with E-state index in [-0.39, 0.29) is 25.8 Å². The number of rotatable bonds is 9. The standard InChI is InChI=1S/C32H28N2O6/c35-30(33-17-16-22-6-11-26(12-7-22)25-4-2-1-3-5-25)27-13-8-23(9-14-27)19-34(31(36)32(37)38)20-24-10-15-28-29(18-24)40-21-39-28/h1-15,18H,16-17,19-21H2,(H,33,35)(H,37,38). The molecule has 8 heteroatoms. The molecule has 0 saturated heterocycles. The van der Waals surface area contributed by atoms with Gasteiger partial charge in [0.1, 0.15) is 0 Å². The van der Waals surface area contributed by atoms with Crippen LogP contribution in [0.3, 0.4) is 0 Å². The summed E-state index contributed by atoms with van der Waals surface area (Å²) in [7, 11) is 0. The monoisotopic (exact) mass is 536 g/mol. The van der Waals surface area contributed by atoms with Crippen molar-refractivity contribution >= 4 is 17.8 Å². The predicted octanol–water partition coefficient (Wildman–Crippen LogP) is 4.67. The van der Waals surface area contributed by atoms with Gasteiger partial charge in [-0.3, -0.25) is 9.59 Å². The number of fused-ring (bicyclic) bond motifs is 1. The van der Waals surface area contributed by atoms with E-state index in [1.54, 1.807) is 42.5 Å². The highest BCUT2D eigenvalue weighted by molar-refractivity contribution is 6.31. The van der Waals surface area contributed by atoms with Gasteiger partial charge in [0.15, 0.2) is 11.5 Å². The Labute approximate surface area is 231 Å². The maximum atomic E-state index is 12.7. The number of ether oxygens (including phenoxy) is 2. The largest absolute Gasteiger partial charge is 0.474 e. The van der Waals surface area contributed by atoms with Crippen molar-refractivity contribution in [3.05, 3.63) is 119 Å². The lowest BCUT2D eigenvalue weighted by molar-refractivity contribution is -0.156. The van der Waals surface area contributed by atoms with Crippen LogP contribution in [0.15, 0.2) is 97.1 Å². The number of benzene rings is 4. The Bertz CT molecular complexity index is 1500. The van der Waals surface area contributed by atoms with E-state index in [9.17, 15) is 19.5 Å². The van der Waals surface area contributed by atoms with Crippen LogP contribution in [-0.4, -0.2) is 41.1 Å². The van der Waals surface area contributed by atoms with E-state index in [4.69, 9.17) is 9.47 Å². The summed E-state index contributed by atoms with van der Waals surface area (Å²) >= 11 is 0. The number of carbonyl (C=O) groups excluding carboxylic acids is 2. The van der Waals surface area contributed by atoms with E-state index < -0.39 is 11.9 Å². The summed E-state index contributed by atoms with van der Waals surface area (Å²) in [6.07, 6.45) is 0.699. The third-order valence-electron chi connectivity index (χ3n) is 6.63. The molecular weight excluding hydrogens is 508 g/mol. The first-order valence-corrected chi connectivity index (χ1v) is 12.9. The number of carboxylic acids is 1. The van der Waals surface area contributed by atoms with Crippen LogP contribution < -0.4 is 14.8 Å². The molecule has 0 fully saturated rings. The summed E-state index contributed by atoms with van der Waals surface area (Å²) in [5.74, 6) is -1.59. The zero-order valence-electron chi connectivity index (χ0n) is 21.7. The molecule has 1 aliphatic rings. The maximum Gasteiger partial charge on any atom is 0.394 e. The van der Waals surface area contributed by atoms with Gasteiger partial charge in [-0.05, 0) is 58.5 Å². The van der Waals surface area contributed by atoms with Crippen LogP contribution in [0, 0.1) is 0 Å². The van der Waals surface area contributed by atoms with Crippen molar-refractivity contribution in [1.82, 2.24) is 10.2 Å². The molecule has 0 radical (unpaired) electrons. The van der Waals surface area contributed by atoms with Crippen molar-refractivity contribution < 1.29 is 29.0 Å². The molecule has 0 atom stereocenters. The van der Waals surface area contributed by atoms with Crippen LogP contribution in [-0.2, 0) is 29.1 Å². The first kappa shape index (κ1) is 26.5. The molecule has 0 aliphatic carbocycles. The quantitative estimate of drug-likeness (QED) is 0.301. The highest BCUT2D eigenvalue weighted by Gasteiger charge is 2.23. The van der Waals surface area contributed by atoms with Gasteiger partial charge in [0, 0.05) is 25.2 Å². The number of hydrogen-bond acceptors (Lipinski definition) is 5. The summed E-state index contributed by atoms with van der Waals surface area (Å²) in [4.78, 5) is 37.7. The molecule has 40 heavy (non-hydrogen) atoms. The summed E-state index contributed by atoms with van der Waals surface area (Å²) in [5, 5.41) is 12.3. The predicted molar refractivity (Wildman–Crippen MR) is 149 cm³/mol. The van der Waals surface area contributed by atoms with Gasteiger partial charge in [0.25, 0.3) is 5.91 Å². The molecule has 0 saturated carbocycles. The van der Waals surface area contributed by atoms with Crippen molar-refractivity contribution in [2.24, 2.45) is 0 Å². The number of carbonyl (C=O) groups is 3. The normalized spacial score (nSPS) is 11.6. The minimum Gasteiger partial charge on any atom is -0.474 e. The van der Waals surface area contributed by atoms with Crippen LogP contribution in [0.2, 0.25) is 0 Å². The Morgan fingerprint density at radius 2 is 1.35 bits per heavy atom. The first-order valence-electron chi connectivity index (χ1n) is 12.9. The molecule has 0 bridgehead atoms. The number of carboxylic acid groups (broad SMARTS) is 1. The van der Waals surface area contributed by atoms with Gasteiger partial charge in [-0.1, -0.05) is 72.8 Å². The lowest BCUT2D eigenvalue weighted by Crippen LogP contribution is -2.35. The van der Waals surface area contributed by atoms with Crippen LogP contribution in [0.4, 0.5) is 0 Å². The van der Waals surface area contributed by atoms with Crippen molar-refractivity contribution in [3.8, 4) is 22.6 Å². The molecular formula is C32H28N2O6. The van der Waals surface area contributed by atoms with Crippen molar-refractivity contribution in [3.63, 3.8) is 0 Å². The molecule has 5 rings (SSSR count). The molecule has 2 amide bonds. The minimum atomic E-state index is -1.54. The highest BCUT2D eigenvalue weighted by Crippen LogP contribution is 2.33. The van der Waals surface area contributed by atoms with E-state index in [2.05, 4.69) is 41.7 Å². The van der Waals surface area contributed by atoms with Gasteiger partial charge in [-0.25, -0.2) is 4.79 Å². The van der Waals surface area contributed by atoms with Gasteiger partial charge in [-0.15, -0.1) is 0 Å². The number of hydrogen-bond donors (Lipinski definition) is 2. The molecule has 4 aromatic rings. The average Bonchev–Trinajstić information content (AvgIpc) is 3.45. The van der Waals surface area contributed by atoms with Crippen LogP contribution in [0.5, 0.6) is 11.5 Å². The van der Waals surface area contributed by atoms with Gasteiger partial charge in [0.05, 0.1) is 0 Å². The smallest absolute Gasteiger partial charge is 0.394 e. The Morgan fingerprint density at radius 1 is 0.725 bits per heavy atom. The summed E-state index contributed by atoms with van der Waals surface area (Å²) in [5.41, 5.74) is 5.33. The summed E-state index contributed by atoms with van der Waals surface area (Å²) in [6.45, 7) is 0.761. The second-order valence-corrected chi connectivity index (χ2v) is 9.42. The van der Waals surface area contributed by atoms with Crippen LogP contribution >= 0.6 is 0 Å². The SMILES string of the molecule is O=C(O)C(=O)N(Cc1ccc(C(=O)NCCc2ccc(-c3ccccc3)cc2)cc1)Cc1ccc2c(c1)OCO2. The first-order chi connectivity index (χ1) is 19.5. The van der Waals surface area contributed by atoms with Gasteiger partial charge in [-0.2, -0.15) is 0 Å². The molecule has 8 nitrogen and oxygen atoms in total. The maximum absolute atomic E-state index is 12.7. The second-order valence-electron chi connectivity index (χ2n) is 9.42. The molecule has 202 valence electrons. The topological polar surface area (TPSA) is 105 Å². The lowest BCUT2D eigenvalue weighted by atomic mass is 10.0. The molecule has 2 N–H and O–H groups in total. The molecule has 0 spiro atoms. The van der Waals surface area contributed by atoms with Crippen molar-refractivity contribution in [2.45, 2.75) is 19.5 Å². The van der Waals surface area contributed by atoms with Crippen molar-refractivity contribution in [2.75, 3.05) is 13.3 Å². The van der Waals surface area contributed by atoms with Gasteiger partial charge >= 0.3 is 11.9 Å². The lowest BCUT2D eigenvalue weighted by Gasteiger charge is -2.21. The number of aliphatic carboxylic acids is 1. The Kier molecular flexibility index (Phi) is 8.06. The third-order valence-corrected chi connectivity index (χ3v) is 6.63. The third kappa shape index (κ3) is 6.47. The summed E-state index contributed by atoms with van der Waals surface area (Å²) < 4.78 is 10.7. The molecule has 0 aromatic heterocycles. The van der Waals surface area contributed by atoms with E-state index >= 15 is 0 Å². The molecule has 0 unspecified atom stereocenters. The van der Waals surface area contributed by atoms with E-state index in [1.165, 1.54) is 4.90 Å². The Hall–Kier alpha value is -5.11. The zero-order valence-corrected chi connectivity index (χ0v) is 21.7. The molecule has 4 aromatic carbocycles. The number of nitrogens with one attached hydrogen (secondary N) is 1. The van der Waals surface area contributed by atoms with Crippen molar-refractivity contribution in [1.29, 1.82) is 0 Å². The molecule has 1 aliphatic heterocycles. The fraction of sp³-hybridized carbons (Fsp3) is 0.156. The summed E-state index contributed by atoms with van der Waals surface area (Å²) in [6, 6.07) is 30.5. The van der Waals surface area contributed by atoms with Gasteiger partial charge < -0.3 is 24.8 Å². The fourth-order valence-corrected chi connectivity index (χ4v) is 4.49. The fourth-order valence-electron chi connectivity index (χ4n) is 4.49. The molecule has 1 heterocycles. The number of amides is 2. The zero-order chi connectivity index (χ0) is 27.9. The van der Waals surface area contributed by atoms with Crippen LogP contribution in [0.1, 0.15) is 27.0 Å². The average molecular weight is 537 g/mol. The Morgan fingerprint density at radius 3 is 2.08 bits per heavy atom. The minimum absolute atomic E-state index is 0.0699. The van der Waals surface area contributed by atoms with Gasteiger partial charge in [0.2, 0.25) is 6.79 Å².